The fourth-order valence-electron chi connectivity index (χ4n) is 2.74. The van der Waals surface area contributed by atoms with E-state index in [0.717, 1.165) is 36.4 Å². The van der Waals surface area contributed by atoms with E-state index in [0.29, 0.717) is 6.54 Å². The van der Waals surface area contributed by atoms with Gasteiger partial charge in [-0.2, -0.15) is 0 Å². The van der Waals surface area contributed by atoms with Crippen molar-refractivity contribution in [3.8, 4) is 11.5 Å². The number of hydrogen-bond donors (Lipinski definition) is 1. The monoisotopic (exact) mass is 276 g/mol. The van der Waals surface area contributed by atoms with Crippen molar-refractivity contribution in [1.29, 1.82) is 0 Å². The van der Waals surface area contributed by atoms with Crippen LogP contribution < -0.4 is 14.8 Å². The van der Waals surface area contributed by atoms with Crippen molar-refractivity contribution in [2.75, 3.05) is 13.3 Å². The number of nitrogens with zero attached hydrogens (tertiary/aromatic N) is 1. The summed E-state index contributed by atoms with van der Waals surface area (Å²) in [5, 5.41) is 2.95. The summed E-state index contributed by atoms with van der Waals surface area (Å²) in [6.07, 6.45) is 1.80. The predicted octanol–water partition coefficient (Wildman–Crippen LogP) is 2.28. The molecule has 0 aliphatic carbocycles. The Morgan fingerprint density at radius 2 is 2.05 bits per heavy atom. The minimum atomic E-state index is 0.0164. The normalized spacial score (nSPS) is 19.7. The largest absolute Gasteiger partial charge is 0.454 e. The maximum atomic E-state index is 12.2. The number of hydrogen-bond acceptors (Lipinski definition) is 3. The van der Waals surface area contributed by atoms with E-state index in [1.165, 1.54) is 5.56 Å². The minimum Gasteiger partial charge on any atom is -0.454 e. The quantitative estimate of drug-likeness (QED) is 0.901. The van der Waals surface area contributed by atoms with E-state index in [4.69, 9.17) is 9.47 Å². The number of amides is 2. The Bertz CT molecular complexity index is 530. The molecule has 0 radical (unpaired) electrons. The third-order valence-electron chi connectivity index (χ3n) is 3.87. The lowest BCUT2D eigenvalue weighted by Crippen LogP contribution is -2.47. The van der Waals surface area contributed by atoms with E-state index in [-0.39, 0.29) is 18.9 Å². The summed E-state index contributed by atoms with van der Waals surface area (Å²) in [5.74, 6) is 1.60. The number of urea groups is 1. The molecule has 1 N–H and O–H groups in total. The highest BCUT2D eigenvalue weighted by Crippen LogP contribution is 2.37. The molecule has 1 atom stereocenters. The summed E-state index contributed by atoms with van der Waals surface area (Å²) in [4.78, 5) is 14.1. The molecule has 2 aliphatic heterocycles. The Kier molecular flexibility index (Phi) is 3.42. The summed E-state index contributed by atoms with van der Waals surface area (Å²) in [7, 11) is 0. The van der Waals surface area contributed by atoms with Gasteiger partial charge in [-0.25, -0.2) is 4.79 Å². The van der Waals surface area contributed by atoms with Crippen LogP contribution in [0.2, 0.25) is 0 Å². The summed E-state index contributed by atoms with van der Waals surface area (Å²) in [6.45, 7) is 5.77. The van der Waals surface area contributed by atoms with Gasteiger partial charge in [0.2, 0.25) is 6.79 Å². The van der Waals surface area contributed by atoms with Gasteiger partial charge in [0.05, 0.1) is 0 Å². The minimum absolute atomic E-state index is 0.0164. The lowest BCUT2D eigenvalue weighted by Gasteiger charge is -2.35. The van der Waals surface area contributed by atoms with Gasteiger partial charge < -0.3 is 19.7 Å². The number of carbonyl (C=O) groups excluding carboxylic acids is 1. The average molecular weight is 276 g/mol. The SMILES string of the molecule is CCCNC(=O)N1Cc2cc3c(cc2CC1C)OCO3. The molecule has 1 aromatic rings. The van der Waals surface area contributed by atoms with Gasteiger partial charge in [0, 0.05) is 19.1 Å². The second-order valence-corrected chi connectivity index (χ2v) is 5.39. The van der Waals surface area contributed by atoms with E-state index >= 15 is 0 Å². The van der Waals surface area contributed by atoms with Crippen LogP contribution in [0.1, 0.15) is 31.4 Å². The first-order valence-electron chi connectivity index (χ1n) is 7.15. The van der Waals surface area contributed by atoms with Crippen LogP contribution in [0.15, 0.2) is 12.1 Å². The molecule has 0 bridgehead atoms. The second-order valence-electron chi connectivity index (χ2n) is 5.39. The van der Waals surface area contributed by atoms with Gasteiger partial charge >= 0.3 is 6.03 Å². The maximum Gasteiger partial charge on any atom is 0.317 e. The van der Waals surface area contributed by atoms with Crippen molar-refractivity contribution in [3.63, 3.8) is 0 Å². The van der Waals surface area contributed by atoms with E-state index in [2.05, 4.69) is 25.2 Å². The van der Waals surface area contributed by atoms with Gasteiger partial charge in [-0.3, -0.25) is 0 Å². The third-order valence-corrected chi connectivity index (χ3v) is 3.87. The van der Waals surface area contributed by atoms with Crippen LogP contribution in [0.25, 0.3) is 0 Å². The van der Waals surface area contributed by atoms with Crippen molar-refractivity contribution < 1.29 is 14.3 Å². The van der Waals surface area contributed by atoms with Crippen LogP contribution in [0.3, 0.4) is 0 Å². The summed E-state index contributed by atoms with van der Waals surface area (Å²) in [6, 6.07) is 4.27. The predicted molar refractivity (Wildman–Crippen MR) is 75.0 cm³/mol. The van der Waals surface area contributed by atoms with E-state index in [1.807, 2.05) is 11.0 Å². The molecule has 2 amide bonds. The van der Waals surface area contributed by atoms with Crippen LogP contribution in [0, 0.1) is 0 Å². The van der Waals surface area contributed by atoms with Crippen molar-refractivity contribution >= 4 is 6.03 Å². The fourth-order valence-corrected chi connectivity index (χ4v) is 2.74. The van der Waals surface area contributed by atoms with Crippen LogP contribution >= 0.6 is 0 Å². The first-order chi connectivity index (χ1) is 9.69. The molecule has 2 heterocycles. The van der Waals surface area contributed by atoms with Crippen LogP contribution in [-0.4, -0.2) is 30.3 Å². The Hall–Kier alpha value is -1.91. The number of rotatable bonds is 2. The molecule has 1 aromatic carbocycles. The Labute approximate surface area is 118 Å². The number of nitrogens with one attached hydrogen (secondary N) is 1. The van der Waals surface area contributed by atoms with Crippen LogP contribution in [0.4, 0.5) is 4.79 Å². The Morgan fingerprint density at radius 1 is 1.35 bits per heavy atom. The lowest BCUT2D eigenvalue weighted by atomic mass is 9.94. The lowest BCUT2D eigenvalue weighted by molar-refractivity contribution is 0.168. The molecule has 0 aromatic heterocycles. The first kappa shape index (κ1) is 13.1. The highest BCUT2D eigenvalue weighted by Gasteiger charge is 2.29. The zero-order valence-electron chi connectivity index (χ0n) is 11.9. The fraction of sp³-hybridized carbons (Fsp3) is 0.533. The molecule has 0 saturated carbocycles. The molecule has 108 valence electrons. The van der Waals surface area contributed by atoms with E-state index in [1.54, 1.807) is 0 Å². The van der Waals surface area contributed by atoms with Crippen molar-refractivity contribution in [2.24, 2.45) is 0 Å². The molecule has 1 unspecified atom stereocenters. The highest BCUT2D eigenvalue weighted by molar-refractivity contribution is 5.75. The molecular formula is C15H20N2O3. The van der Waals surface area contributed by atoms with Crippen molar-refractivity contribution in [1.82, 2.24) is 10.2 Å². The van der Waals surface area contributed by atoms with Gasteiger partial charge in [0.1, 0.15) is 0 Å². The van der Waals surface area contributed by atoms with Gasteiger partial charge in [0.25, 0.3) is 0 Å². The van der Waals surface area contributed by atoms with Gasteiger partial charge in [-0.1, -0.05) is 6.92 Å². The summed E-state index contributed by atoms with van der Waals surface area (Å²) < 4.78 is 10.8. The van der Waals surface area contributed by atoms with Crippen molar-refractivity contribution in [3.05, 3.63) is 23.3 Å². The number of benzene rings is 1. The molecule has 20 heavy (non-hydrogen) atoms. The van der Waals surface area contributed by atoms with E-state index < -0.39 is 0 Å². The maximum absolute atomic E-state index is 12.2. The molecule has 0 saturated heterocycles. The van der Waals surface area contributed by atoms with Crippen molar-refractivity contribution in [2.45, 2.75) is 39.3 Å². The number of fused-ring (bicyclic) bond motifs is 2. The Balaban J connectivity index is 1.81. The Morgan fingerprint density at radius 3 is 2.75 bits per heavy atom. The van der Waals surface area contributed by atoms with Crippen LogP contribution in [-0.2, 0) is 13.0 Å². The number of ether oxygens (including phenoxy) is 2. The standard InChI is InChI=1S/C15H20N2O3/c1-3-4-16-15(18)17-8-12-7-14-13(19-9-20-14)6-11(12)5-10(17)2/h6-7,10H,3-5,8-9H2,1-2H3,(H,16,18). The molecule has 2 aliphatic rings. The van der Waals surface area contributed by atoms with Gasteiger partial charge in [0.15, 0.2) is 11.5 Å². The van der Waals surface area contributed by atoms with Crippen LogP contribution in [0.5, 0.6) is 11.5 Å². The first-order valence-corrected chi connectivity index (χ1v) is 7.15. The molecule has 0 spiro atoms. The van der Waals surface area contributed by atoms with Gasteiger partial charge in [-0.05, 0) is 43.0 Å². The molecule has 5 heteroatoms. The summed E-state index contributed by atoms with van der Waals surface area (Å²) >= 11 is 0. The third kappa shape index (κ3) is 2.28. The topological polar surface area (TPSA) is 50.8 Å². The molecule has 3 rings (SSSR count). The zero-order chi connectivity index (χ0) is 14.1. The average Bonchev–Trinajstić information content (AvgIpc) is 2.88. The zero-order valence-corrected chi connectivity index (χ0v) is 11.9. The second kappa shape index (κ2) is 5.23. The summed E-state index contributed by atoms with van der Waals surface area (Å²) in [5.41, 5.74) is 2.40. The number of carbonyl (C=O) groups is 1. The smallest absolute Gasteiger partial charge is 0.317 e. The van der Waals surface area contributed by atoms with Gasteiger partial charge in [-0.15, -0.1) is 0 Å². The molecule has 5 nitrogen and oxygen atoms in total. The molecular weight excluding hydrogens is 256 g/mol. The highest BCUT2D eigenvalue weighted by atomic mass is 16.7. The molecule has 0 fully saturated rings. The van der Waals surface area contributed by atoms with E-state index in [9.17, 15) is 4.79 Å².